The van der Waals surface area contributed by atoms with Crippen molar-refractivity contribution >= 4 is 33.4 Å². The van der Waals surface area contributed by atoms with Crippen LogP contribution in [0.4, 0.5) is 4.79 Å². The minimum Gasteiger partial charge on any atom is -0.465 e. The zero-order valence-corrected chi connectivity index (χ0v) is 10.4. The van der Waals surface area contributed by atoms with Gasteiger partial charge in [-0.2, -0.15) is 0 Å². The van der Waals surface area contributed by atoms with E-state index >= 15 is 0 Å². The minimum absolute atomic E-state index is 0.158. The van der Waals surface area contributed by atoms with Crippen molar-refractivity contribution in [1.29, 1.82) is 0 Å². The molecule has 0 radical (unpaired) electrons. The Bertz CT molecular complexity index is 335. The van der Waals surface area contributed by atoms with Gasteiger partial charge in [0, 0.05) is 16.8 Å². The van der Waals surface area contributed by atoms with Crippen LogP contribution in [0.15, 0.2) is 15.9 Å². The summed E-state index contributed by atoms with van der Waals surface area (Å²) in [5, 5.41) is 10.9. The molecular weight excluding hydrogens is 266 g/mol. The molecule has 0 saturated heterocycles. The molecular formula is C9H12BrNO2S. The van der Waals surface area contributed by atoms with Crippen molar-refractivity contribution in [2.24, 2.45) is 0 Å². The summed E-state index contributed by atoms with van der Waals surface area (Å²) in [6.45, 7) is 4.46. The predicted octanol–water partition coefficient (Wildman–Crippen LogP) is 3.06. The highest BCUT2D eigenvalue weighted by molar-refractivity contribution is 9.11. The molecule has 3 nitrogen and oxygen atoms in total. The van der Waals surface area contributed by atoms with E-state index in [0.29, 0.717) is 6.54 Å². The fourth-order valence-corrected chi connectivity index (χ4v) is 2.55. The molecule has 1 aromatic rings. The molecule has 0 unspecified atom stereocenters. The van der Waals surface area contributed by atoms with Crippen LogP contribution in [0.2, 0.25) is 0 Å². The van der Waals surface area contributed by atoms with E-state index in [9.17, 15) is 4.79 Å². The number of carboxylic acid groups (broad SMARTS) is 1. The van der Waals surface area contributed by atoms with Gasteiger partial charge < -0.3 is 10.4 Å². The Balaban J connectivity index is 2.69. The summed E-state index contributed by atoms with van der Waals surface area (Å²) in [5.74, 6) is 0. The molecule has 1 heterocycles. The topological polar surface area (TPSA) is 49.3 Å². The molecule has 5 heteroatoms. The average Bonchev–Trinajstić information content (AvgIpc) is 2.49. The summed E-state index contributed by atoms with van der Waals surface area (Å²) >= 11 is 5.02. The normalized spacial score (nSPS) is 11.4. The van der Waals surface area contributed by atoms with Crippen molar-refractivity contribution in [3.8, 4) is 0 Å². The van der Waals surface area contributed by atoms with Gasteiger partial charge in [-0.25, -0.2) is 4.79 Å². The second-order valence-electron chi connectivity index (χ2n) is 3.65. The smallest absolute Gasteiger partial charge is 0.404 e. The van der Waals surface area contributed by atoms with E-state index in [1.165, 1.54) is 0 Å². The quantitative estimate of drug-likeness (QED) is 0.892. The molecule has 0 aliphatic heterocycles. The number of rotatable bonds is 3. The molecule has 1 rings (SSSR count). The second kappa shape index (κ2) is 4.31. The van der Waals surface area contributed by atoms with Crippen LogP contribution in [0.5, 0.6) is 0 Å². The Kier molecular flexibility index (Phi) is 3.55. The minimum atomic E-state index is -0.978. The highest BCUT2D eigenvalue weighted by Crippen LogP contribution is 2.32. The molecule has 0 aliphatic carbocycles. The van der Waals surface area contributed by atoms with E-state index in [4.69, 9.17) is 5.11 Å². The van der Waals surface area contributed by atoms with Gasteiger partial charge in [0.05, 0.1) is 3.79 Å². The van der Waals surface area contributed by atoms with Gasteiger partial charge in [-0.3, -0.25) is 0 Å². The summed E-state index contributed by atoms with van der Waals surface area (Å²) in [5.41, 5.74) is -0.158. The van der Waals surface area contributed by atoms with Gasteiger partial charge >= 0.3 is 6.09 Å². The third-order valence-electron chi connectivity index (χ3n) is 1.92. The van der Waals surface area contributed by atoms with Gasteiger partial charge in [0.1, 0.15) is 0 Å². The molecule has 1 aromatic heterocycles. The van der Waals surface area contributed by atoms with Gasteiger partial charge in [-0.05, 0) is 28.1 Å². The summed E-state index contributed by atoms with van der Waals surface area (Å²) in [7, 11) is 0. The molecule has 1 amide bonds. The van der Waals surface area contributed by atoms with E-state index in [-0.39, 0.29) is 5.41 Å². The Morgan fingerprint density at radius 1 is 1.64 bits per heavy atom. The first-order valence-corrected chi connectivity index (χ1v) is 5.75. The number of carbonyl (C=O) groups is 1. The van der Waals surface area contributed by atoms with Gasteiger partial charge in [-0.1, -0.05) is 13.8 Å². The predicted molar refractivity (Wildman–Crippen MR) is 61.1 cm³/mol. The Morgan fingerprint density at radius 3 is 2.71 bits per heavy atom. The number of hydrogen-bond acceptors (Lipinski definition) is 2. The third-order valence-corrected chi connectivity index (χ3v) is 3.91. The lowest BCUT2D eigenvalue weighted by Crippen LogP contribution is -2.35. The monoisotopic (exact) mass is 277 g/mol. The van der Waals surface area contributed by atoms with Crippen molar-refractivity contribution < 1.29 is 9.90 Å². The van der Waals surface area contributed by atoms with Gasteiger partial charge in [0.15, 0.2) is 0 Å². The lowest BCUT2D eigenvalue weighted by Gasteiger charge is -2.22. The van der Waals surface area contributed by atoms with Crippen molar-refractivity contribution in [2.45, 2.75) is 19.3 Å². The van der Waals surface area contributed by atoms with Crippen LogP contribution in [-0.4, -0.2) is 17.7 Å². The highest BCUT2D eigenvalue weighted by atomic mass is 79.9. The van der Waals surface area contributed by atoms with E-state index in [1.807, 2.05) is 26.0 Å². The molecule has 78 valence electrons. The molecule has 0 spiro atoms. The van der Waals surface area contributed by atoms with Crippen LogP contribution in [-0.2, 0) is 5.41 Å². The van der Waals surface area contributed by atoms with E-state index in [1.54, 1.807) is 11.3 Å². The van der Waals surface area contributed by atoms with Crippen molar-refractivity contribution in [2.75, 3.05) is 6.54 Å². The third kappa shape index (κ3) is 2.99. The fraction of sp³-hybridized carbons (Fsp3) is 0.444. The SMILES string of the molecule is CC(C)(CNC(=O)O)c1ccc(Br)s1. The lowest BCUT2D eigenvalue weighted by molar-refractivity contribution is 0.192. The highest BCUT2D eigenvalue weighted by Gasteiger charge is 2.22. The molecule has 0 saturated carbocycles. The summed E-state index contributed by atoms with van der Waals surface area (Å²) < 4.78 is 1.07. The summed E-state index contributed by atoms with van der Waals surface area (Å²) in [6.07, 6.45) is -0.978. The molecule has 14 heavy (non-hydrogen) atoms. The first kappa shape index (κ1) is 11.5. The van der Waals surface area contributed by atoms with Gasteiger partial charge in [0.25, 0.3) is 0 Å². The molecule has 0 bridgehead atoms. The van der Waals surface area contributed by atoms with Gasteiger partial charge in [-0.15, -0.1) is 11.3 Å². The van der Waals surface area contributed by atoms with Crippen LogP contribution >= 0.6 is 27.3 Å². The number of hydrogen-bond donors (Lipinski definition) is 2. The van der Waals surface area contributed by atoms with E-state index in [2.05, 4.69) is 21.2 Å². The average molecular weight is 278 g/mol. The van der Waals surface area contributed by atoms with E-state index < -0.39 is 6.09 Å². The number of halogens is 1. The maximum absolute atomic E-state index is 10.4. The lowest BCUT2D eigenvalue weighted by atomic mass is 9.91. The van der Waals surface area contributed by atoms with Gasteiger partial charge in [0.2, 0.25) is 0 Å². The van der Waals surface area contributed by atoms with Crippen LogP contribution in [0.3, 0.4) is 0 Å². The molecule has 0 fully saturated rings. The Hall–Kier alpha value is -0.550. The van der Waals surface area contributed by atoms with Crippen molar-refractivity contribution in [3.05, 3.63) is 20.8 Å². The first-order chi connectivity index (χ1) is 6.42. The van der Waals surface area contributed by atoms with Crippen molar-refractivity contribution in [3.63, 3.8) is 0 Å². The molecule has 0 atom stereocenters. The van der Waals surface area contributed by atoms with Crippen LogP contribution in [0.25, 0.3) is 0 Å². The second-order valence-corrected chi connectivity index (χ2v) is 6.11. The molecule has 0 aliphatic rings. The van der Waals surface area contributed by atoms with E-state index in [0.717, 1.165) is 8.66 Å². The Morgan fingerprint density at radius 2 is 2.29 bits per heavy atom. The van der Waals surface area contributed by atoms with Crippen LogP contribution < -0.4 is 5.32 Å². The molecule has 2 N–H and O–H groups in total. The van der Waals surface area contributed by atoms with Crippen molar-refractivity contribution in [1.82, 2.24) is 5.32 Å². The Labute approximate surface area is 95.3 Å². The summed E-state index contributed by atoms with van der Waals surface area (Å²) in [6, 6.07) is 3.99. The first-order valence-electron chi connectivity index (χ1n) is 4.14. The molecule has 0 aromatic carbocycles. The van der Waals surface area contributed by atoms with Crippen LogP contribution in [0, 0.1) is 0 Å². The number of thiophene rings is 1. The van der Waals surface area contributed by atoms with Crippen LogP contribution in [0.1, 0.15) is 18.7 Å². The maximum Gasteiger partial charge on any atom is 0.404 e. The maximum atomic E-state index is 10.4. The fourth-order valence-electron chi connectivity index (χ4n) is 1.06. The zero-order valence-electron chi connectivity index (χ0n) is 8.00. The number of amides is 1. The standard InChI is InChI=1S/C9H12BrNO2S/c1-9(2,5-11-8(12)13)6-3-4-7(10)14-6/h3-4,11H,5H2,1-2H3,(H,12,13). The summed E-state index contributed by atoms with van der Waals surface area (Å²) in [4.78, 5) is 11.5. The largest absolute Gasteiger partial charge is 0.465 e. The number of nitrogens with one attached hydrogen (secondary N) is 1. The zero-order chi connectivity index (χ0) is 10.8.